The maximum atomic E-state index is 5.66. The fraction of sp³-hybridized carbons (Fsp3) is 1.00. The molecule has 0 radical (unpaired) electrons. The van der Waals surface area contributed by atoms with Crippen LogP contribution in [0.3, 0.4) is 0 Å². The molecule has 0 aromatic carbocycles. The van der Waals surface area contributed by atoms with E-state index in [-0.39, 0.29) is 24.8 Å². The third-order valence-electron chi connectivity index (χ3n) is 2.85. The third kappa shape index (κ3) is 5.61. The molecule has 2 aliphatic rings. The van der Waals surface area contributed by atoms with Crippen molar-refractivity contribution >= 4 is 23.2 Å². The van der Waals surface area contributed by atoms with Gasteiger partial charge < -0.3 is 28.4 Å². The van der Waals surface area contributed by atoms with Crippen LogP contribution in [0, 0.1) is 0 Å². The van der Waals surface area contributed by atoms with Crippen molar-refractivity contribution < 1.29 is 28.4 Å². The Balaban J connectivity index is 1.41. The maximum absolute atomic E-state index is 5.66. The monoisotopic (exact) mass is 330 g/mol. The summed E-state index contributed by atoms with van der Waals surface area (Å²) in [7, 11) is 0. The second-order valence-electron chi connectivity index (χ2n) is 4.50. The second-order valence-corrected chi connectivity index (χ2v) is 5.12. The molecule has 118 valence electrons. The van der Waals surface area contributed by atoms with Crippen molar-refractivity contribution in [2.45, 2.75) is 24.8 Å². The average molecular weight is 331 g/mol. The van der Waals surface area contributed by atoms with Crippen LogP contribution in [0.2, 0.25) is 0 Å². The number of ether oxygens (including phenoxy) is 6. The summed E-state index contributed by atoms with van der Waals surface area (Å²) < 4.78 is 32.4. The molecule has 0 aromatic heterocycles. The second kappa shape index (κ2) is 9.38. The molecule has 2 fully saturated rings. The summed E-state index contributed by atoms with van der Waals surface area (Å²) in [5.74, 6) is 0.870. The normalized spacial score (nSPS) is 33.9. The molecular formula is C12H20Cl2O6. The van der Waals surface area contributed by atoms with Gasteiger partial charge in [0.2, 0.25) is 0 Å². The van der Waals surface area contributed by atoms with Crippen molar-refractivity contribution in [3.05, 3.63) is 0 Å². The Morgan fingerprint density at radius 2 is 1.25 bits per heavy atom. The highest BCUT2D eigenvalue weighted by atomic mass is 35.5. The van der Waals surface area contributed by atoms with Crippen molar-refractivity contribution in [3.63, 3.8) is 0 Å². The molecule has 0 N–H and O–H groups in total. The molecule has 2 saturated heterocycles. The Kier molecular flexibility index (Phi) is 7.83. The van der Waals surface area contributed by atoms with Gasteiger partial charge in [-0.25, -0.2) is 0 Å². The largest absolute Gasteiger partial charge is 0.374 e. The third-order valence-corrected chi connectivity index (χ3v) is 3.54. The van der Waals surface area contributed by atoms with Crippen molar-refractivity contribution in [2.24, 2.45) is 0 Å². The van der Waals surface area contributed by atoms with Gasteiger partial charge in [-0.05, 0) is 0 Å². The lowest BCUT2D eigenvalue weighted by atomic mass is 10.4. The molecular weight excluding hydrogens is 311 g/mol. The van der Waals surface area contributed by atoms with Gasteiger partial charge in [0.15, 0.2) is 12.6 Å². The van der Waals surface area contributed by atoms with E-state index < -0.39 is 0 Å². The van der Waals surface area contributed by atoms with Crippen LogP contribution in [-0.2, 0) is 28.4 Å². The van der Waals surface area contributed by atoms with E-state index in [9.17, 15) is 0 Å². The lowest BCUT2D eigenvalue weighted by Gasteiger charge is -2.12. The lowest BCUT2D eigenvalue weighted by Crippen LogP contribution is -2.22. The molecule has 0 amide bonds. The Morgan fingerprint density at radius 3 is 1.60 bits per heavy atom. The number of alkyl halides is 2. The summed E-state index contributed by atoms with van der Waals surface area (Å²) in [5, 5.41) is 0. The highest BCUT2D eigenvalue weighted by Crippen LogP contribution is 2.14. The molecule has 2 aliphatic heterocycles. The van der Waals surface area contributed by atoms with E-state index in [4.69, 9.17) is 51.6 Å². The first-order valence-electron chi connectivity index (χ1n) is 6.63. The van der Waals surface area contributed by atoms with Crippen molar-refractivity contribution in [1.82, 2.24) is 0 Å². The van der Waals surface area contributed by atoms with Gasteiger partial charge in [0.1, 0.15) is 0 Å². The zero-order valence-electron chi connectivity index (χ0n) is 11.2. The summed E-state index contributed by atoms with van der Waals surface area (Å²) in [6.07, 6.45) is -0.726. The highest BCUT2D eigenvalue weighted by molar-refractivity contribution is 6.18. The van der Waals surface area contributed by atoms with Crippen LogP contribution in [0.15, 0.2) is 0 Å². The summed E-state index contributed by atoms with van der Waals surface area (Å²) in [4.78, 5) is 0. The first-order valence-corrected chi connectivity index (χ1v) is 7.70. The van der Waals surface area contributed by atoms with Crippen LogP contribution >= 0.6 is 23.2 Å². The summed E-state index contributed by atoms with van der Waals surface area (Å²) in [5.41, 5.74) is 0. The van der Waals surface area contributed by atoms with E-state index in [2.05, 4.69) is 0 Å². The van der Waals surface area contributed by atoms with Gasteiger partial charge in [-0.1, -0.05) is 0 Å². The summed E-state index contributed by atoms with van der Waals surface area (Å²) >= 11 is 11.3. The molecule has 0 bridgehead atoms. The molecule has 2 heterocycles. The number of hydrogen-bond acceptors (Lipinski definition) is 6. The van der Waals surface area contributed by atoms with E-state index in [1.807, 2.05) is 0 Å². The maximum Gasteiger partial charge on any atom is 0.181 e. The van der Waals surface area contributed by atoms with Crippen LogP contribution in [-0.4, -0.2) is 76.2 Å². The van der Waals surface area contributed by atoms with Crippen molar-refractivity contribution in [3.8, 4) is 0 Å². The molecule has 4 atom stereocenters. The molecule has 8 heteroatoms. The van der Waals surface area contributed by atoms with Crippen molar-refractivity contribution in [2.75, 3.05) is 51.4 Å². The SMILES string of the molecule is ClCC1COC(COCCOCC2OCC(CCl)O2)O1. The quantitative estimate of drug-likeness (QED) is 0.464. The van der Waals surface area contributed by atoms with E-state index in [0.29, 0.717) is 51.4 Å². The zero-order chi connectivity index (χ0) is 14.2. The Hall–Kier alpha value is 0.340. The van der Waals surface area contributed by atoms with Crippen LogP contribution in [0.5, 0.6) is 0 Å². The molecule has 0 aromatic rings. The van der Waals surface area contributed by atoms with E-state index in [1.54, 1.807) is 0 Å². The first-order chi connectivity index (χ1) is 9.81. The molecule has 20 heavy (non-hydrogen) atoms. The van der Waals surface area contributed by atoms with Crippen LogP contribution in [0.4, 0.5) is 0 Å². The minimum absolute atomic E-state index is 0.0342. The summed E-state index contributed by atoms with van der Waals surface area (Å²) in [6.45, 7) is 2.71. The van der Waals surface area contributed by atoms with Gasteiger partial charge >= 0.3 is 0 Å². The molecule has 2 rings (SSSR count). The molecule has 6 nitrogen and oxygen atoms in total. The topological polar surface area (TPSA) is 55.4 Å². The minimum atomic E-state index is -0.329. The van der Waals surface area contributed by atoms with Crippen LogP contribution in [0.25, 0.3) is 0 Å². The molecule has 0 spiro atoms. The fourth-order valence-corrected chi connectivity index (χ4v) is 2.15. The Morgan fingerprint density at radius 1 is 0.800 bits per heavy atom. The number of rotatable bonds is 9. The first kappa shape index (κ1) is 16.7. The van der Waals surface area contributed by atoms with Gasteiger partial charge in [-0.3, -0.25) is 0 Å². The van der Waals surface area contributed by atoms with Crippen LogP contribution in [0.1, 0.15) is 0 Å². The van der Waals surface area contributed by atoms with E-state index in [1.165, 1.54) is 0 Å². The number of halogens is 2. The predicted molar refractivity (Wildman–Crippen MR) is 72.3 cm³/mol. The molecule has 0 saturated carbocycles. The van der Waals surface area contributed by atoms with E-state index >= 15 is 0 Å². The smallest absolute Gasteiger partial charge is 0.181 e. The highest BCUT2D eigenvalue weighted by Gasteiger charge is 2.26. The van der Waals surface area contributed by atoms with E-state index in [0.717, 1.165) is 0 Å². The Labute approximate surface area is 128 Å². The summed E-state index contributed by atoms with van der Waals surface area (Å²) in [6, 6.07) is 0. The zero-order valence-corrected chi connectivity index (χ0v) is 12.7. The molecule has 4 unspecified atom stereocenters. The van der Waals surface area contributed by atoms with Crippen molar-refractivity contribution in [1.29, 1.82) is 0 Å². The Bertz CT molecular complexity index is 244. The number of hydrogen-bond donors (Lipinski definition) is 0. The van der Waals surface area contributed by atoms with Gasteiger partial charge in [0.25, 0.3) is 0 Å². The predicted octanol–water partition coefficient (Wildman–Crippen LogP) is 0.980. The average Bonchev–Trinajstić information content (AvgIpc) is 3.11. The lowest BCUT2D eigenvalue weighted by molar-refractivity contribution is -0.123. The van der Waals surface area contributed by atoms with Gasteiger partial charge in [0, 0.05) is 0 Å². The van der Waals surface area contributed by atoms with Gasteiger partial charge in [0.05, 0.1) is 63.6 Å². The standard InChI is InChI=1S/C12H20Cl2O6/c13-3-9-5-17-11(19-9)7-15-1-2-16-8-12-18-6-10(4-14)20-12/h9-12H,1-8H2. The van der Waals surface area contributed by atoms with Crippen LogP contribution < -0.4 is 0 Å². The fourth-order valence-electron chi connectivity index (χ4n) is 1.83. The van der Waals surface area contributed by atoms with Gasteiger partial charge in [-0.15, -0.1) is 23.2 Å². The minimum Gasteiger partial charge on any atom is -0.374 e. The molecule has 0 aliphatic carbocycles. The van der Waals surface area contributed by atoms with Gasteiger partial charge in [-0.2, -0.15) is 0 Å².